The molecule has 0 saturated heterocycles. The summed E-state index contributed by atoms with van der Waals surface area (Å²) in [7, 11) is 1.53. The van der Waals surface area contributed by atoms with E-state index < -0.39 is 5.82 Å². The van der Waals surface area contributed by atoms with Crippen molar-refractivity contribution in [3.05, 3.63) is 29.2 Å². The van der Waals surface area contributed by atoms with Crippen LogP contribution in [-0.2, 0) is 6.54 Å². The minimum absolute atomic E-state index is 0.0881. The van der Waals surface area contributed by atoms with E-state index in [0.29, 0.717) is 24.2 Å². The van der Waals surface area contributed by atoms with Crippen LogP contribution in [0.15, 0.2) is 18.3 Å². The van der Waals surface area contributed by atoms with Gasteiger partial charge in [0.05, 0.1) is 23.0 Å². The lowest BCUT2D eigenvalue weighted by Crippen LogP contribution is -2.08. The van der Waals surface area contributed by atoms with Crippen LogP contribution in [0.25, 0.3) is 10.9 Å². The number of aromatic nitrogens is 1. The number of fused-ring (bicyclic) bond motifs is 1. The molecule has 5 heteroatoms. The maximum Gasteiger partial charge on any atom is 0.145 e. The summed E-state index contributed by atoms with van der Waals surface area (Å²) >= 11 is 5.92. The predicted octanol–water partition coefficient (Wildman–Crippen LogP) is 2.40. The van der Waals surface area contributed by atoms with E-state index in [1.54, 1.807) is 12.3 Å². The number of hydrogen-bond acceptors (Lipinski definition) is 2. The van der Waals surface area contributed by atoms with Gasteiger partial charge in [-0.15, -0.1) is 0 Å². The number of halogens is 2. The molecular formula is C11H12ClFN2O. The lowest BCUT2D eigenvalue weighted by atomic mass is 10.2. The molecule has 2 rings (SSSR count). The number of methoxy groups -OCH3 is 1. The van der Waals surface area contributed by atoms with Gasteiger partial charge in [-0.25, -0.2) is 4.39 Å². The highest BCUT2D eigenvalue weighted by Crippen LogP contribution is 2.35. The molecule has 0 saturated carbocycles. The first kappa shape index (κ1) is 11.2. The fourth-order valence-electron chi connectivity index (χ4n) is 1.77. The molecule has 0 atom stereocenters. The van der Waals surface area contributed by atoms with E-state index >= 15 is 0 Å². The van der Waals surface area contributed by atoms with Gasteiger partial charge < -0.3 is 15.0 Å². The molecule has 2 aromatic rings. The minimum Gasteiger partial charge on any atom is -0.494 e. The highest BCUT2D eigenvalue weighted by molar-refractivity contribution is 6.36. The van der Waals surface area contributed by atoms with Gasteiger partial charge in [0.25, 0.3) is 0 Å². The number of nitrogens with two attached hydrogens (primary N) is 1. The van der Waals surface area contributed by atoms with Crippen LogP contribution in [0.1, 0.15) is 0 Å². The minimum atomic E-state index is -0.446. The lowest BCUT2D eigenvalue weighted by Gasteiger charge is -2.02. The number of benzene rings is 1. The van der Waals surface area contributed by atoms with Crippen LogP contribution in [-0.4, -0.2) is 18.2 Å². The Balaban J connectivity index is 2.74. The molecular weight excluding hydrogens is 231 g/mol. The molecule has 0 bridgehead atoms. The molecule has 0 amide bonds. The van der Waals surface area contributed by atoms with E-state index in [2.05, 4.69) is 0 Å². The molecule has 16 heavy (non-hydrogen) atoms. The average molecular weight is 243 g/mol. The van der Waals surface area contributed by atoms with E-state index in [4.69, 9.17) is 22.1 Å². The Kier molecular flexibility index (Phi) is 3.03. The Labute approximate surface area is 97.5 Å². The van der Waals surface area contributed by atoms with Gasteiger partial charge in [-0.3, -0.25) is 0 Å². The predicted molar refractivity (Wildman–Crippen MR) is 62.5 cm³/mol. The number of ether oxygens (including phenoxy) is 1. The molecule has 2 N–H and O–H groups in total. The smallest absolute Gasteiger partial charge is 0.145 e. The zero-order valence-corrected chi connectivity index (χ0v) is 9.59. The van der Waals surface area contributed by atoms with Crippen LogP contribution in [0.5, 0.6) is 5.75 Å². The molecule has 3 nitrogen and oxygen atoms in total. The van der Waals surface area contributed by atoms with Crippen LogP contribution in [0, 0.1) is 5.82 Å². The molecule has 0 aliphatic rings. The Hall–Kier alpha value is -1.26. The van der Waals surface area contributed by atoms with Crippen LogP contribution < -0.4 is 10.5 Å². The number of hydrogen-bond donors (Lipinski definition) is 1. The van der Waals surface area contributed by atoms with Crippen molar-refractivity contribution < 1.29 is 9.13 Å². The quantitative estimate of drug-likeness (QED) is 0.898. The summed E-state index contributed by atoms with van der Waals surface area (Å²) < 4.78 is 20.4. The standard InChI is InChI=1S/C11H12ClFN2O/c1-16-9-6-15(5-4-14)8-3-2-7(13)11(12)10(8)9/h2-3,6H,4-5,14H2,1H3. The first-order valence-electron chi connectivity index (χ1n) is 4.90. The van der Waals surface area contributed by atoms with E-state index in [1.807, 2.05) is 4.57 Å². The zero-order valence-electron chi connectivity index (χ0n) is 8.84. The highest BCUT2D eigenvalue weighted by Gasteiger charge is 2.14. The molecule has 0 aliphatic heterocycles. The largest absolute Gasteiger partial charge is 0.494 e. The summed E-state index contributed by atoms with van der Waals surface area (Å²) in [5.74, 6) is 0.117. The molecule has 0 fully saturated rings. The van der Waals surface area contributed by atoms with Crippen LogP contribution in [0.3, 0.4) is 0 Å². The second-order valence-corrected chi connectivity index (χ2v) is 3.81. The Morgan fingerprint density at radius 3 is 2.88 bits per heavy atom. The maximum atomic E-state index is 13.3. The molecule has 0 aliphatic carbocycles. The van der Waals surface area contributed by atoms with Gasteiger partial charge in [0.1, 0.15) is 11.6 Å². The second kappa shape index (κ2) is 4.31. The third-order valence-electron chi connectivity index (χ3n) is 2.49. The van der Waals surface area contributed by atoms with Crippen molar-refractivity contribution in [1.82, 2.24) is 4.57 Å². The zero-order chi connectivity index (χ0) is 11.7. The van der Waals surface area contributed by atoms with Crippen LogP contribution in [0.4, 0.5) is 4.39 Å². The van der Waals surface area contributed by atoms with Crippen molar-refractivity contribution in [3.8, 4) is 5.75 Å². The van der Waals surface area contributed by atoms with Crippen molar-refractivity contribution in [1.29, 1.82) is 0 Å². The molecule has 0 unspecified atom stereocenters. The summed E-state index contributed by atoms with van der Waals surface area (Å²) in [6, 6.07) is 3.02. The Morgan fingerprint density at radius 1 is 1.50 bits per heavy atom. The fraction of sp³-hybridized carbons (Fsp3) is 0.273. The summed E-state index contributed by atoms with van der Waals surface area (Å²) in [6.07, 6.45) is 1.78. The van der Waals surface area contributed by atoms with E-state index in [0.717, 1.165) is 5.52 Å². The monoisotopic (exact) mass is 242 g/mol. The maximum absolute atomic E-state index is 13.3. The van der Waals surface area contributed by atoms with Gasteiger partial charge in [-0.2, -0.15) is 0 Å². The van der Waals surface area contributed by atoms with E-state index in [9.17, 15) is 4.39 Å². The van der Waals surface area contributed by atoms with Crippen molar-refractivity contribution in [3.63, 3.8) is 0 Å². The average Bonchev–Trinajstić information content (AvgIpc) is 2.63. The highest BCUT2D eigenvalue weighted by atomic mass is 35.5. The number of rotatable bonds is 3. The summed E-state index contributed by atoms with van der Waals surface area (Å²) in [6.45, 7) is 1.14. The topological polar surface area (TPSA) is 40.2 Å². The normalized spacial score (nSPS) is 11.0. The van der Waals surface area contributed by atoms with Crippen LogP contribution in [0.2, 0.25) is 5.02 Å². The summed E-state index contributed by atoms with van der Waals surface area (Å²) in [4.78, 5) is 0. The third kappa shape index (κ3) is 1.64. The Morgan fingerprint density at radius 2 is 2.25 bits per heavy atom. The second-order valence-electron chi connectivity index (χ2n) is 3.44. The van der Waals surface area contributed by atoms with Crippen molar-refractivity contribution in [2.75, 3.05) is 13.7 Å². The van der Waals surface area contributed by atoms with Crippen molar-refractivity contribution >= 4 is 22.5 Å². The first-order valence-corrected chi connectivity index (χ1v) is 5.27. The molecule has 1 heterocycles. The van der Waals surface area contributed by atoms with Gasteiger partial charge >= 0.3 is 0 Å². The van der Waals surface area contributed by atoms with Crippen molar-refractivity contribution in [2.45, 2.75) is 6.54 Å². The first-order chi connectivity index (χ1) is 7.69. The molecule has 1 aromatic heterocycles. The van der Waals surface area contributed by atoms with Gasteiger partial charge in [0, 0.05) is 19.3 Å². The van der Waals surface area contributed by atoms with Gasteiger partial charge in [0.15, 0.2) is 0 Å². The fourth-order valence-corrected chi connectivity index (χ4v) is 2.02. The third-order valence-corrected chi connectivity index (χ3v) is 2.86. The van der Waals surface area contributed by atoms with Crippen LogP contribution >= 0.6 is 11.6 Å². The SMILES string of the molecule is COc1cn(CCN)c2ccc(F)c(Cl)c12. The van der Waals surface area contributed by atoms with E-state index in [1.165, 1.54) is 13.2 Å². The summed E-state index contributed by atoms with van der Waals surface area (Å²) in [5.41, 5.74) is 6.33. The van der Waals surface area contributed by atoms with Gasteiger partial charge in [0.2, 0.25) is 0 Å². The number of nitrogens with zero attached hydrogens (tertiary/aromatic N) is 1. The van der Waals surface area contributed by atoms with Gasteiger partial charge in [-0.1, -0.05) is 11.6 Å². The lowest BCUT2D eigenvalue weighted by molar-refractivity contribution is 0.417. The van der Waals surface area contributed by atoms with Gasteiger partial charge in [-0.05, 0) is 12.1 Å². The molecule has 0 spiro atoms. The molecule has 0 radical (unpaired) electrons. The summed E-state index contributed by atoms with van der Waals surface area (Å²) in [5, 5.41) is 0.683. The molecule has 86 valence electrons. The van der Waals surface area contributed by atoms with Crippen molar-refractivity contribution in [2.24, 2.45) is 5.73 Å². The molecule has 1 aromatic carbocycles. The Bertz CT molecular complexity index is 524. The van der Waals surface area contributed by atoms with E-state index in [-0.39, 0.29) is 5.02 Å².